The molecule has 1 aliphatic rings. The minimum absolute atomic E-state index is 0.0470. The van der Waals surface area contributed by atoms with E-state index in [9.17, 15) is 13.2 Å². The number of hydrogen-bond donors (Lipinski definition) is 2. The van der Waals surface area contributed by atoms with Crippen molar-refractivity contribution < 1.29 is 27.4 Å². The molecule has 4 N–H and O–H groups in total. The van der Waals surface area contributed by atoms with Crippen molar-refractivity contribution in [1.82, 2.24) is 0 Å². The summed E-state index contributed by atoms with van der Waals surface area (Å²) in [4.78, 5) is 12.1. The Balaban J connectivity index is 1.54. The predicted molar refractivity (Wildman–Crippen MR) is 125 cm³/mol. The standard InChI is InChI=1S/C24H30N2O6S/c1-30-19-7-5-18(6-8-19)22(25)4-2-3-15-32-20-9-11-21(12-10-20)33(28,29)24(23(26)27)13-16-31-17-14-24/h4-12H,2-3,13-17,25H2,1H3,(H2,26,27)/b22-4-. The molecule has 0 aromatic heterocycles. The van der Waals surface area contributed by atoms with Crippen molar-refractivity contribution in [2.45, 2.75) is 35.3 Å². The maximum atomic E-state index is 13.2. The Morgan fingerprint density at radius 2 is 1.64 bits per heavy atom. The van der Waals surface area contributed by atoms with E-state index in [1.807, 2.05) is 30.3 Å². The normalized spacial score (nSPS) is 16.2. The number of carbonyl (C=O) groups excluding carboxylic acids is 1. The van der Waals surface area contributed by atoms with Gasteiger partial charge in [-0.1, -0.05) is 6.08 Å². The number of allylic oxidation sites excluding steroid dienone is 1. The highest BCUT2D eigenvalue weighted by molar-refractivity contribution is 7.93. The van der Waals surface area contributed by atoms with Crippen LogP contribution in [0.5, 0.6) is 11.5 Å². The Morgan fingerprint density at radius 3 is 2.21 bits per heavy atom. The number of hydrogen-bond acceptors (Lipinski definition) is 7. The van der Waals surface area contributed by atoms with E-state index in [1.165, 1.54) is 12.1 Å². The fourth-order valence-corrected chi connectivity index (χ4v) is 5.64. The van der Waals surface area contributed by atoms with Crippen LogP contribution in [0.25, 0.3) is 5.70 Å². The zero-order valence-electron chi connectivity index (χ0n) is 18.7. The summed E-state index contributed by atoms with van der Waals surface area (Å²) in [6.45, 7) is 0.808. The van der Waals surface area contributed by atoms with Crippen LogP contribution in [-0.4, -0.2) is 46.0 Å². The summed E-state index contributed by atoms with van der Waals surface area (Å²) in [7, 11) is -2.33. The van der Waals surface area contributed by atoms with E-state index in [0.717, 1.165) is 24.2 Å². The molecule has 2 aromatic carbocycles. The molecule has 1 fully saturated rings. The minimum Gasteiger partial charge on any atom is -0.497 e. The number of primary amides is 1. The van der Waals surface area contributed by atoms with Gasteiger partial charge in [0.2, 0.25) is 5.91 Å². The first-order valence-corrected chi connectivity index (χ1v) is 12.2. The highest BCUT2D eigenvalue weighted by Crippen LogP contribution is 2.35. The number of amides is 1. The van der Waals surface area contributed by atoms with Crippen LogP contribution < -0.4 is 20.9 Å². The number of benzene rings is 2. The highest BCUT2D eigenvalue weighted by Gasteiger charge is 2.51. The maximum Gasteiger partial charge on any atom is 0.239 e. The Morgan fingerprint density at radius 1 is 1.03 bits per heavy atom. The van der Waals surface area contributed by atoms with Gasteiger partial charge in [0, 0.05) is 18.9 Å². The Kier molecular flexibility index (Phi) is 7.99. The average Bonchev–Trinajstić information content (AvgIpc) is 2.84. The van der Waals surface area contributed by atoms with Crippen molar-refractivity contribution in [3.05, 3.63) is 60.2 Å². The molecule has 0 radical (unpaired) electrons. The first kappa shape index (κ1) is 24.6. The second kappa shape index (κ2) is 10.7. The lowest BCUT2D eigenvalue weighted by molar-refractivity contribution is -0.122. The van der Waals surface area contributed by atoms with Gasteiger partial charge in [-0.2, -0.15) is 0 Å². The van der Waals surface area contributed by atoms with Gasteiger partial charge in [-0.3, -0.25) is 4.79 Å². The van der Waals surface area contributed by atoms with Gasteiger partial charge in [-0.05, 0) is 79.8 Å². The summed E-state index contributed by atoms with van der Waals surface area (Å²) in [6, 6.07) is 13.6. The fourth-order valence-electron chi connectivity index (χ4n) is 3.72. The lowest BCUT2D eigenvalue weighted by Crippen LogP contribution is -2.53. The molecule has 0 saturated carbocycles. The van der Waals surface area contributed by atoms with Crippen LogP contribution in [0.15, 0.2) is 59.5 Å². The molecule has 0 spiro atoms. The number of ether oxygens (including phenoxy) is 3. The molecular formula is C24H30N2O6S. The van der Waals surface area contributed by atoms with Gasteiger partial charge in [0.05, 0.1) is 18.6 Å². The van der Waals surface area contributed by atoms with Gasteiger partial charge in [0.25, 0.3) is 0 Å². The van der Waals surface area contributed by atoms with E-state index in [4.69, 9.17) is 25.7 Å². The molecule has 8 nitrogen and oxygen atoms in total. The third-order valence-electron chi connectivity index (χ3n) is 5.80. The van der Waals surface area contributed by atoms with Crippen molar-refractivity contribution in [1.29, 1.82) is 0 Å². The Labute approximate surface area is 194 Å². The van der Waals surface area contributed by atoms with Crippen LogP contribution >= 0.6 is 0 Å². The van der Waals surface area contributed by atoms with Gasteiger partial charge in [0.15, 0.2) is 14.6 Å². The second-order valence-corrected chi connectivity index (χ2v) is 10.1. The van der Waals surface area contributed by atoms with Gasteiger partial charge in [-0.25, -0.2) is 8.42 Å². The quantitative estimate of drug-likeness (QED) is 0.506. The van der Waals surface area contributed by atoms with E-state index in [2.05, 4.69) is 0 Å². The lowest BCUT2D eigenvalue weighted by Gasteiger charge is -2.33. The maximum absolute atomic E-state index is 13.2. The second-order valence-electron chi connectivity index (χ2n) is 7.82. The largest absolute Gasteiger partial charge is 0.497 e. The Bertz CT molecular complexity index is 1070. The molecule has 0 bridgehead atoms. The first-order chi connectivity index (χ1) is 15.8. The molecule has 2 aromatic rings. The number of unbranched alkanes of at least 4 members (excludes halogenated alkanes) is 1. The van der Waals surface area contributed by atoms with Crippen LogP contribution in [0, 0.1) is 0 Å². The summed E-state index contributed by atoms with van der Waals surface area (Å²) in [5.41, 5.74) is 13.2. The molecule has 178 valence electrons. The first-order valence-electron chi connectivity index (χ1n) is 10.8. The monoisotopic (exact) mass is 474 g/mol. The summed E-state index contributed by atoms with van der Waals surface area (Å²) < 4.78 is 40.8. The third kappa shape index (κ3) is 5.48. The zero-order valence-corrected chi connectivity index (χ0v) is 19.5. The van der Waals surface area contributed by atoms with Crippen LogP contribution in [-0.2, 0) is 19.4 Å². The van der Waals surface area contributed by atoms with Gasteiger partial charge >= 0.3 is 0 Å². The Hall–Kier alpha value is -3.04. The molecule has 1 saturated heterocycles. The molecule has 3 rings (SSSR count). The summed E-state index contributed by atoms with van der Waals surface area (Å²) in [5.74, 6) is 0.477. The third-order valence-corrected chi connectivity index (χ3v) is 8.33. The van der Waals surface area contributed by atoms with Crippen molar-refractivity contribution in [2.75, 3.05) is 26.9 Å². The van der Waals surface area contributed by atoms with Crippen molar-refractivity contribution in [3.63, 3.8) is 0 Å². The summed E-state index contributed by atoms with van der Waals surface area (Å²) in [5, 5.41) is 0. The summed E-state index contributed by atoms with van der Waals surface area (Å²) in [6.07, 6.45) is 3.51. The molecule has 0 unspecified atom stereocenters. The number of carbonyl (C=O) groups is 1. The molecule has 1 amide bonds. The van der Waals surface area contributed by atoms with Gasteiger partial charge in [0.1, 0.15) is 11.5 Å². The molecule has 33 heavy (non-hydrogen) atoms. The number of rotatable bonds is 10. The number of methoxy groups -OCH3 is 1. The van der Waals surface area contributed by atoms with Crippen LogP contribution in [0.1, 0.15) is 31.2 Å². The van der Waals surface area contributed by atoms with E-state index < -0.39 is 20.5 Å². The molecular weight excluding hydrogens is 444 g/mol. The number of sulfone groups is 1. The van der Waals surface area contributed by atoms with E-state index in [-0.39, 0.29) is 31.0 Å². The van der Waals surface area contributed by atoms with E-state index in [1.54, 1.807) is 19.2 Å². The number of nitrogens with two attached hydrogens (primary N) is 2. The summed E-state index contributed by atoms with van der Waals surface area (Å²) >= 11 is 0. The zero-order chi connectivity index (χ0) is 23.9. The van der Waals surface area contributed by atoms with E-state index in [0.29, 0.717) is 18.1 Å². The molecule has 9 heteroatoms. The van der Waals surface area contributed by atoms with E-state index >= 15 is 0 Å². The SMILES string of the molecule is COc1ccc(/C(N)=C/CCCOc2ccc(S(=O)(=O)C3(C(N)=O)CCOCC3)cc2)cc1. The fraction of sp³-hybridized carbons (Fsp3) is 0.375. The molecule has 1 heterocycles. The van der Waals surface area contributed by atoms with Crippen LogP contribution in [0.3, 0.4) is 0 Å². The van der Waals surface area contributed by atoms with Crippen molar-refractivity contribution >= 4 is 21.4 Å². The van der Waals surface area contributed by atoms with Crippen molar-refractivity contribution in [3.8, 4) is 11.5 Å². The predicted octanol–water partition coefficient (Wildman–Crippen LogP) is 2.66. The molecule has 0 aliphatic carbocycles. The molecule has 1 aliphatic heterocycles. The van der Waals surface area contributed by atoms with Crippen molar-refractivity contribution in [2.24, 2.45) is 11.5 Å². The minimum atomic E-state index is -3.95. The molecule has 0 atom stereocenters. The smallest absolute Gasteiger partial charge is 0.239 e. The van der Waals surface area contributed by atoms with Gasteiger partial charge in [-0.15, -0.1) is 0 Å². The van der Waals surface area contributed by atoms with Crippen LogP contribution in [0.2, 0.25) is 0 Å². The van der Waals surface area contributed by atoms with Gasteiger partial charge < -0.3 is 25.7 Å². The topological polar surface area (TPSA) is 131 Å². The average molecular weight is 475 g/mol. The highest BCUT2D eigenvalue weighted by atomic mass is 32.2. The lowest BCUT2D eigenvalue weighted by atomic mass is 9.98. The van der Waals surface area contributed by atoms with Crippen LogP contribution in [0.4, 0.5) is 0 Å².